The highest BCUT2D eigenvalue weighted by Gasteiger charge is 2.06. The van der Waals surface area contributed by atoms with Crippen molar-refractivity contribution in [1.29, 1.82) is 0 Å². The van der Waals surface area contributed by atoms with Gasteiger partial charge in [0.25, 0.3) is 5.91 Å². The van der Waals surface area contributed by atoms with Crippen LogP contribution in [0.4, 0.5) is 0 Å². The average molecular weight is 141 g/mol. The first-order valence-corrected chi connectivity index (χ1v) is 2.97. The van der Waals surface area contributed by atoms with Crippen molar-refractivity contribution in [2.45, 2.75) is 13.0 Å². The molecule has 0 saturated carbocycles. The molecule has 10 heavy (non-hydrogen) atoms. The molecule has 1 unspecified atom stereocenters. The van der Waals surface area contributed by atoms with Gasteiger partial charge in [-0.3, -0.25) is 4.79 Å². The first kappa shape index (κ1) is 8.99. The van der Waals surface area contributed by atoms with Gasteiger partial charge in [0.15, 0.2) is 0 Å². The first-order valence-electron chi connectivity index (χ1n) is 2.97. The summed E-state index contributed by atoms with van der Waals surface area (Å²) < 4.78 is 0. The van der Waals surface area contributed by atoms with Crippen molar-refractivity contribution in [2.24, 2.45) is 0 Å². The van der Waals surface area contributed by atoms with Crippen LogP contribution in [0.3, 0.4) is 0 Å². The molecule has 1 N–H and O–H groups in total. The predicted octanol–water partition coefficient (Wildman–Crippen LogP) is -0.541. The zero-order chi connectivity index (χ0) is 8.15. The lowest BCUT2D eigenvalue weighted by Crippen LogP contribution is -2.31. The average Bonchev–Trinajstić information content (AvgIpc) is 1.85. The molecule has 3 nitrogen and oxygen atoms in total. The van der Waals surface area contributed by atoms with E-state index in [-0.39, 0.29) is 6.54 Å². The Bertz CT molecular complexity index is 157. The van der Waals surface area contributed by atoms with Gasteiger partial charge in [0.05, 0.1) is 6.10 Å². The molecule has 0 rings (SSSR count). The van der Waals surface area contributed by atoms with Gasteiger partial charge in [0.2, 0.25) is 0 Å². The Kier molecular flexibility index (Phi) is 3.52. The number of amides is 1. The number of nitrogens with zero attached hydrogens (tertiary/aromatic N) is 1. The fourth-order valence-electron chi connectivity index (χ4n) is 0.589. The molecule has 1 atom stereocenters. The van der Waals surface area contributed by atoms with Crippen molar-refractivity contribution in [2.75, 3.05) is 13.6 Å². The maximum atomic E-state index is 10.6. The number of hydrogen-bond donors (Lipinski definition) is 1. The number of aliphatic hydroxyl groups is 1. The summed E-state index contributed by atoms with van der Waals surface area (Å²) in [5.41, 5.74) is 0. The van der Waals surface area contributed by atoms with Crippen LogP contribution in [0, 0.1) is 12.3 Å². The molecule has 0 aromatic heterocycles. The Morgan fingerprint density at radius 2 is 2.40 bits per heavy atom. The second-order valence-electron chi connectivity index (χ2n) is 2.18. The van der Waals surface area contributed by atoms with Crippen LogP contribution in [0.1, 0.15) is 6.92 Å². The number of hydrogen-bond acceptors (Lipinski definition) is 2. The Balaban J connectivity index is 3.76. The van der Waals surface area contributed by atoms with E-state index >= 15 is 0 Å². The second kappa shape index (κ2) is 3.91. The Labute approximate surface area is 60.6 Å². The highest BCUT2D eigenvalue weighted by Crippen LogP contribution is 1.87. The molecule has 0 aliphatic heterocycles. The summed E-state index contributed by atoms with van der Waals surface area (Å²) in [4.78, 5) is 11.9. The molecule has 0 radical (unpaired) electrons. The van der Waals surface area contributed by atoms with E-state index in [1.807, 2.05) is 5.92 Å². The maximum absolute atomic E-state index is 10.6. The van der Waals surface area contributed by atoms with Gasteiger partial charge in [-0.25, -0.2) is 0 Å². The van der Waals surface area contributed by atoms with Crippen molar-refractivity contribution in [1.82, 2.24) is 4.90 Å². The number of aliphatic hydroxyl groups excluding tert-OH is 1. The third-order valence-electron chi connectivity index (χ3n) is 1.01. The molecule has 56 valence electrons. The smallest absolute Gasteiger partial charge is 0.298 e. The van der Waals surface area contributed by atoms with Gasteiger partial charge in [-0.15, -0.1) is 6.42 Å². The molecule has 3 heteroatoms. The molecule has 0 bridgehead atoms. The summed E-state index contributed by atoms with van der Waals surface area (Å²) in [5.74, 6) is 1.54. The van der Waals surface area contributed by atoms with Gasteiger partial charge in [-0.2, -0.15) is 0 Å². The minimum absolute atomic E-state index is 0.281. The van der Waals surface area contributed by atoms with Gasteiger partial charge >= 0.3 is 0 Å². The molecule has 0 aromatic rings. The number of carbonyl (C=O) groups is 1. The molecule has 0 spiro atoms. The van der Waals surface area contributed by atoms with Gasteiger partial charge in [0, 0.05) is 13.6 Å². The van der Waals surface area contributed by atoms with E-state index in [9.17, 15) is 4.79 Å². The van der Waals surface area contributed by atoms with Crippen LogP contribution >= 0.6 is 0 Å². The van der Waals surface area contributed by atoms with Gasteiger partial charge in [0.1, 0.15) is 0 Å². The van der Waals surface area contributed by atoms with E-state index < -0.39 is 12.0 Å². The molecular formula is C7H11NO2. The van der Waals surface area contributed by atoms with Crippen molar-refractivity contribution in [3.63, 3.8) is 0 Å². The highest BCUT2D eigenvalue weighted by atomic mass is 16.3. The Morgan fingerprint density at radius 3 is 2.70 bits per heavy atom. The molecule has 0 fully saturated rings. The molecule has 0 aromatic carbocycles. The SMILES string of the molecule is C#CC(=O)N(C)CC(C)O. The van der Waals surface area contributed by atoms with Gasteiger partial charge < -0.3 is 10.0 Å². The topological polar surface area (TPSA) is 40.5 Å². The Hall–Kier alpha value is -1.01. The van der Waals surface area contributed by atoms with E-state index in [0.717, 1.165) is 0 Å². The summed E-state index contributed by atoms with van der Waals surface area (Å²) >= 11 is 0. The molecular weight excluding hydrogens is 130 g/mol. The zero-order valence-corrected chi connectivity index (χ0v) is 6.16. The largest absolute Gasteiger partial charge is 0.392 e. The van der Waals surface area contributed by atoms with E-state index in [4.69, 9.17) is 11.5 Å². The summed E-state index contributed by atoms with van der Waals surface area (Å²) in [6.07, 6.45) is 4.30. The van der Waals surface area contributed by atoms with Crippen molar-refractivity contribution in [3.8, 4) is 12.3 Å². The minimum Gasteiger partial charge on any atom is -0.392 e. The summed E-state index contributed by atoms with van der Waals surface area (Å²) in [6, 6.07) is 0. The predicted molar refractivity (Wildman–Crippen MR) is 38.2 cm³/mol. The summed E-state index contributed by atoms with van der Waals surface area (Å²) in [6.45, 7) is 1.88. The van der Waals surface area contributed by atoms with Crippen molar-refractivity contribution < 1.29 is 9.90 Å². The number of carbonyl (C=O) groups excluding carboxylic acids is 1. The van der Waals surface area contributed by atoms with Crippen LogP contribution in [0.25, 0.3) is 0 Å². The van der Waals surface area contributed by atoms with Crippen LogP contribution in [0.15, 0.2) is 0 Å². The fourth-order valence-corrected chi connectivity index (χ4v) is 0.589. The van der Waals surface area contributed by atoms with Crippen LogP contribution in [-0.2, 0) is 4.79 Å². The third-order valence-corrected chi connectivity index (χ3v) is 1.01. The molecule has 0 heterocycles. The lowest BCUT2D eigenvalue weighted by molar-refractivity contribution is -0.124. The number of terminal acetylenes is 1. The molecule has 0 aliphatic carbocycles. The minimum atomic E-state index is -0.526. The van der Waals surface area contributed by atoms with Crippen molar-refractivity contribution in [3.05, 3.63) is 0 Å². The van der Waals surface area contributed by atoms with E-state index in [0.29, 0.717) is 0 Å². The molecule has 0 saturated heterocycles. The van der Waals surface area contributed by atoms with Crippen LogP contribution in [0.5, 0.6) is 0 Å². The summed E-state index contributed by atoms with van der Waals surface area (Å²) in [7, 11) is 1.55. The zero-order valence-electron chi connectivity index (χ0n) is 6.16. The van der Waals surface area contributed by atoms with Gasteiger partial charge in [-0.05, 0) is 12.8 Å². The maximum Gasteiger partial charge on any atom is 0.298 e. The monoisotopic (exact) mass is 141 g/mol. The molecule has 1 amide bonds. The normalized spacial score (nSPS) is 11.8. The van der Waals surface area contributed by atoms with Crippen molar-refractivity contribution >= 4 is 5.91 Å². The molecule has 0 aliphatic rings. The van der Waals surface area contributed by atoms with E-state index in [1.165, 1.54) is 4.90 Å². The van der Waals surface area contributed by atoms with E-state index in [1.54, 1.807) is 14.0 Å². The highest BCUT2D eigenvalue weighted by molar-refractivity contribution is 5.92. The third kappa shape index (κ3) is 3.10. The summed E-state index contributed by atoms with van der Waals surface area (Å²) in [5, 5.41) is 8.80. The number of rotatable bonds is 2. The lowest BCUT2D eigenvalue weighted by atomic mass is 10.4. The lowest BCUT2D eigenvalue weighted by Gasteiger charge is -2.14. The van der Waals surface area contributed by atoms with Gasteiger partial charge in [-0.1, -0.05) is 0 Å². The van der Waals surface area contributed by atoms with E-state index in [2.05, 4.69) is 0 Å². The Morgan fingerprint density at radius 1 is 1.90 bits per heavy atom. The van der Waals surface area contributed by atoms with Crippen LogP contribution in [0.2, 0.25) is 0 Å². The van der Waals surface area contributed by atoms with Crippen LogP contribution in [-0.4, -0.2) is 35.6 Å². The quantitative estimate of drug-likeness (QED) is 0.525. The fraction of sp³-hybridized carbons (Fsp3) is 0.571. The standard InChI is InChI=1S/C7H11NO2/c1-4-7(10)8(3)5-6(2)9/h1,6,9H,5H2,2-3H3. The second-order valence-corrected chi connectivity index (χ2v) is 2.18. The van der Waals surface area contributed by atoms with Crippen LogP contribution < -0.4 is 0 Å². The number of likely N-dealkylation sites (N-methyl/N-ethyl adjacent to an activating group) is 1. The first-order chi connectivity index (χ1) is 4.57.